The molecule has 7 rings (SSSR count). The van der Waals surface area contributed by atoms with Crippen molar-refractivity contribution >= 4 is 17.4 Å². The number of carbonyl (C=O) groups is 1. The maximum atomic E-state index is 13.8. The lowest BCUT2D eigenvalue weighted by atomic mass is 9.95. The Kier molecular flexibility index (Phi) is 6.61. The van der Waals surface area contributed by atoms with E-state index in [-0.39, 0.29) is 5.91 Å². The summed E-state index contributed by atoms with van der Waals surface area (Å²) in [5, 5.41) is 14.9. The highest BCUT2D eigenvalue weighted by atomic mass is 16.2. The zero-order chi connectivity index (χ0) is 27.8. The third-order valence-corrected chi connectivity index (χ3v) is 8.90. The van der Waals surface area contributed by atoms with E-state index in [0.717, 1.165) is 72.4 Å². The maximum absolute atomic E-state index is 13.8. The van der Waals surface area contributed by atoms with Crippen LogP contribution in [0.2, 0.25) is 0 Å². The quantitative estimate of drug-likeness (QED) is 0.327. The molecule has 3 aromatic carbocycles. The number of carbonyl (C=O) groups excluding carboxylic acids is 1. The van der Waals surface area contributed by atoms with E-state index >= 15 is 0 Å². The zero-order valence-electron chi connectivity index (χ0n) is 23.5. The van der Waals surface area contributed by atoms with E-state index in [2.05, 4.69) is 74.9 Å². The molecule has 1 saturated heterocycles. The van der Waals surface area contributed by atoms with Crippen molar-refractivity contribution < 1.29 is 4.79 Å². The predicted molar refractivity (Wildman–Crippen MR) is 160 cm³/mol. The van der Waals surface area contributed by atoms with Gasteiger partial charge in [0.05, 0.1) is 6.54 Å². The molecule has 1 amide bonds. The standard InChI is InChI=1S/C33H35N7O/c1-23-8-7-19-39(21-23)27-15-16-28(30-35-37-38-36-30)29(20-27)25-13-11-24(12-14-25)22-40-31(26-9-3-2-4-10-26)34-33(32(40)41)17-5-6-18-33/h2-4,9-16,20,23H,5-8,17-19,21-22H2,1H3,(H,35,36,37,38)/t23-/m1/s1. The fourth-order valence-corrected chi connectivity index (χ4v) is 6.73. The van der Waals surface area contributed by atoms with Crippen LogP contribution < -0.4 is 4.90 Å². The van der Waals surface area contributed by atoms with Crippen LogP contribution in [0.5, 0.6) is 0 Å². The molecular weight excluding hydrogens is 510 g/mol. The normalized spacial score (nSPS) is 20.2. The SMILES string of the molecule is C[C@@H]1CCCN(c2ccc(-c3nn[nH]n3)c(-c3ccc(CN4C(=O)C5(CCCC5)N=C4c4ccccc4)cc3)c2)C1. The van der Waals surface area contributed by atoms with E-state index < -0.39 is 5.54 Å². The molecule has 1 saturated carbocycles. The number of nitrogens with zero attached hydrogens (tertiary/aromatic N) is 6. The first-order valence-corrected chi connectivity index (χ1v) is 14.8. The number of amides is 1. The highest BCUT2D eigenvalue weighted by Crippen LogP contribution is 2.41. The van der Waals surface area contributed by atoms with Gasteiger partial charge in [0.15, 0.2) is 0 Å². The van der Waals surface area contributed by atoms with Crippen molar-refractivity contribution in [2.75, 3.05) is 18.0 Å². The predicted octanol–water partition coefficient (Wildman–Crippen LogP) is 5.87. The van der Waals surface area contributed by atoms with E-state index in [1.807, 2.05) is 35.2 Å². The van der Waals surface area contributed by atoms with Gasteiger partial charge in [-0.05, 0) is 71.7 Å². The number of hydrogen-bond acceptors (Lipinski definition) is 6. The molecule has 2 aliphatic heterocycles. The summed E-state index contributed by atoms with van der Waals surface area (Å²) < 4.78 is 0. The van der Waals surface area contributed by atoms with Crippen molar-refractivity contribution in [1.29, 1.82) is 0 Å². The third-order valence-electron chi connectivity index (χ3n) is 8.90. The number of aromatic amines is 1. The van der Waals surface area contributed by atoms with Crippen molar-refractivity contribution in [3.63, 3.8) is 0 Å². The number of tetrazole rings is 1. The van der Waals surface area contributed by atoms with Crippen LogP contribution in [0.1, 0.15) is 56.6 Å². The number of aliphatic imine (C=N–C) groups is 1. The Bertz CT molecular complexity index is 1560. The molecular formula is C33H35N7O. The summed E-state index contributed by atoms with van der Waals surface area (Å²) in [7, 11) is 0. The average Bonchev–Trinajstić information content (AvgIpc) is 3.77. The van der Waals surface area contributed by atoms with Gasteiger partial charge in [-0.2, -0.15) is 5.21 Å². The topological polar surface area (TPSA) is 90.4 Å². The Balaban J connectivity index is 1.20. The molecule has 1 atom stereocenters. The lowest BCUT2D eigenvalue weighted by Crippen LogP contribution is -2.40. The molecule has 1 spiro atoms. The molecule has 208 valence electrons. The number of H-pyrrole nitrogens is 1. The minimum atomic E-state index is -0.586. The second kappa shape index (κ2) is 10.6. The van der Waals surface area contributed by atoms with Gasteiger partial charge in [-0.1, -0.05) is 74.4 Å². The largest absolute Gasteiger partial charge is 0.371 e. The number of hydrogen-bond donors (Lipinski definition) is 1. The molecule has 8 heteroatoms. The van der Waals surface area contributed by atoms with E-state index in [9.17, 15) is 4.79 Å². The highest BCUT2D eigenvalue weighted by Gasteiger charge is 2.49. The van der Waals surface area contributed by atoms with E-state index in [1.54, 1.807) is 0 Å². The molecule has 1 aromatic heterocycles. The van der Waals surface area contributed by atoms with Crippen LogP contribution in [0.15, 0.2) is 77.8 Å². The van der Waals surface area contributed by atoms with Crippen LogP contribution in [-0.2, 0) is 11.3 Å². The van der Waals surface area contributed by atoms with Crippen LogP contribution in [-0.4, -0.2) is 55.9 Å². The highest BCUT2D eigenvalue weighted by molar-refractivity contribution is 6.15. The van der Waals surface area contributed by atoms with Crippen LogP contribution in [0.4, 0.5) is 5.69 Å². The molecule has 0 unspecified atom stereocenters. The van der Waals surface area contributed by atoms with Crippen LogP contribution in [0.25, 0.3) is 22.5 Å². The average molecular weight is 546 g/mol. The number of rotatable bonds is 6. The van der Waals surface area contributed by atoms with Crippen molar-refractivity contribution in [1.82, 2.24) is 25.5 Å². The summed E-state index contributed by atoms with van der Waals surface area (Å²) in [5.74, 6) is 2.20. The van der Waals surface area contributed by atoms with Crippen LogP contribution in [0.3, 0.4) is 0 Å². The van der Waals surface area contributed by atoms with Crippen LogP contribution >= 0.6 is 0 Å². The summed E-state index contributed by atoms with van der Waals surface area (Å²) in [6.07, 6.45) is 6.27. The van der Waals surface area contributed by atoms with Gasteiger partial charge < -0.3 is 4.90 Å². The summed E-state index contributed by atoms with van der Waals surface area (Å²) >= 11 is 0. The smallest absolute Gasteiger partial charge is 0.256 e. The van der Waals surface area contributed by atoms with Gasteiger partial charge in [0.1, 0.15) is 11.4 Å². The fraction of sp³-hybridized carbons (Fsp3) is 0.364. The summed E-state index contributed by atoms with van der Waals surface area (Å²) in [4.78, 5) is 23.2. The van der Waals surface area contributed by atoms with Crippen LogP contribution in [0, 0.1) is 5.92 Å². The minimum Gasteiger partial charge on any atom is -0.371 e. The number of benzene rings is 3. The molecule has 2 fully saturated rings. The summed E-state index contributed by atoms with van der Waals surface area (Å²) in [6.45, 7) is 4.96. The number of nitrogens with one attached hydrogen (secondary N) is 1. The Morgan fingerprint density at radius 1 is 0.927 bits per heavy atom. The van der Waals surface area contributed by atoms with Crippen molar-refractivity contribution in [2.24, 2.45) is 10.9 Å². The van der Waals surface area contributed by atoms with Gasteiger partial charge in [-0.3, -0.25) is 14.7 Å². The number of piperidine rings is 1. The van der Waals surface area contributed by atoms with Gasteiger partial charge in [0.25, 0.3) is 5.91 Å². The van der Waals surface area contributed by atoms with Gasteiger partial charge in [-0.25, -0.2) is 0 Å². The number of anilines is 1. The Hall–Kier alpha value is -4.33. The molecule has 1 N–H and O–H groups in total. The minimum absolute atomic E-state index is 0.140. The molecule has 3 heterocycles. The first kappa shape index (κ1) is 25.6. The maximum Gasteiger partial charge on any atom is 0.256 e. The summed E-state index contributed by atoms with van der Waals surface area (Å²) in [5.41, 5.74) is 5.79. The molecule has 3 aliphatic rings. The Morgan fingerprint density at radius 2 is 1.73 bits per heavy atom. The first-order valence-electron chi connectivity index (χ1n) is 14.8. The molecule has 4 aromatic rings. The van der Waals surface area contributed by atoms with E-state index in [4.69, 9.17) is 4.99 Å². The lowest BCUT2D eigenvalue weighted by Gasteiger charge is -2.33. The van der Waals surface area contributed by atoms with Gasteiger partial charge in [0, 0.05) is 29.9 Å². The van der Waals surface area contributed by atoms with E-state index in [1.165, 1.54) is 18.5 Å². The van der Waals surface area contributed by atoms with Gasteiger partial charge in [-0.15, -0.1) is 10.2 Å². The Morgan fingerprint density at radius 3 is 2.46 bits per heavy atom. The number of aromatic nitrogens is 4. The van der Waals surface area contributed by atoms with Gasteiger partial charge >= 0.3 is 0 Å². The first-order chi connectivity index (χ1) is 20.1. The van der Waals surface area contributed by atoms with Crippen molar-refractivity contribution in [3.05, 3.63) is 83.9 Å². The second-order valence-electron chi connectivity index (χ2n) is 11.8. The molecule has 0 bridgehead atoms. The van der Waals surface area contributed by atoms with Crippen molar-refractivity contribution in [2.45, 2.75) is 57.5 Å². The Labute approximate surface area is 240 Å². The monoisotopic (exact) mass is 545 g/mol. The fourth-order valence-electron chi connectivity index (χ4n) is 6.73. The van der Waals surface area contributed by atoms with Crippen molar-refractivity contribution in [3.8, 4) is 22.5 Å². The molecule has 0 radical (unpaired) electrons. The van der Waals surface area contributed by atoms with E-state index in [0.29, 0.717) is 18.3 Å². The molecule has 41 heavy (non-hydrogen) atoms. The second-order valence-corrected chi connectivity index (χ2v) is 11.8. The lowest BCUT2D eigenvalue weighted by molar-refractivity contribution is -0.131. The zero-order valence-corrected chi connectivity index (χ0v) is 23.5. The number of amidine groups is 1. The molecule has 1 aliphatic carbocycles. The third kappa shape index (κ3) is 4.81. The van der Waals surface area contributed by atoms with Gasteiger partial charge in [0.2, 0.25) is 5.82 Å². The summed E-state index contributed by atoms with van der Waals surface area (Å²) in [6, 6.07) is 25.2. The molecule has 8 nitrogen and oxygen atoms in total.